The number of carboxylic acid groups (broad SMARTS) is 1. The van der Waals surface area contributed by atoms with E-state index in [-0.39, 0.29) is 11.3 Å². The van der Waals surface area contributed by atoms with E-state index in [0.717, 1.165) is 10.4 Å². The summed E-state index contributed by atoms with van der Waals surface area (Å²) in [6.07, 6.45) is 0. The van der Waals surface area contributed by atoms with Gasteiger partial charge in [-0.1, -0.05) is 23.7 Å². The Bertz CT molecular complexity index is 1510. The van der Waals surface area contributed by atoms with Crippen molar-refractivity contribution in [2.24, 2.45) is 0 Å². The molecule has 4 aromatic rings. The summed E-state index contributed by atoms with van der Waals surface area (Å²) in [6, 6.07) is 22.6. The first kappa shape index (κ1) is 25.0. The normalized spacial score (nSPS) is 11.1. The minimum atomic E-state index is -4.10. The van der Waals surface area contributed by atoms with E-state index >= 15 is 0 Å². The highest BCUT2D eigenvalue weighted by molar-refractivity contribution is 7.92. The highest BCUT2D eigenvalue weighted by Crippen LogP contribution is 2.31. The molecule has 0 heterocycles. The fourth-order valence-electron chi connectivity index (χ4n) is 3.36. The first-order chi connectivity index (χ1) is 17.1. The molecule has 4 rings (SSSR count). The molecule has 0 aliphatic carbocycles. The maximum atomic E-state index is 14.0. The Morgan fingerprint density at radius 3 is 2.22 bits per heavy atom. The number of rotatable bonds is 8. The van der Waals surface area contributed by atoms with E-state index in [4.69, 9.17) is 16.3 Å². The van der Waals surface area contributed by atoms with Crippen molar-refractivity contribution >= 4 is 44.7 Å². The number of carboxylic acids is 1. The lowest BCUT2D eigenvalue weighted by molar-refractivity contribution is 0.0697. The third-order valence-electron chi connectivity index (χ3n) is 5.26. The highest BCUT2D eigenvalue weighted by atomic mass is 35.5. The molecule has 0 aliphatic heterocycles. The number of aromatic carboxylic acids is 1. The number of carbonyl (C=O) groups is 1. The largest absolute Gasteiger partial charge is 0.478 e. The van der Waals surface area contributed by atoms with Gasteiger partial charge in [-0.2, -0.15) is 0 Å². The maximum Gasteiger partial charge on any atom is 0.337 e. The molecule has 0 saturated carbocycles. The molecule has 36 heavy (non-hydrogen) atoms. The lowest BCUT2D eigenvalue weighted by atomic mass is 10.1. The van der Waals surface area contributed by atoms with Crippen molar-refractivity contribution in [2.75, 3.05) is 16.7 Å². The number of nitrogens with zero attached hydrogens (tertiary/aromatic N) is 1. The van der Waals surface area contributed by atoms with Crippen molar-refractivity contribution in [3.8, 4) is 11.5 Å². The average Bonchev–Trinajstić information content (AvgIpc) is 2.86. The van der Waals surface area contributed by atoms with Gasteiger partial charge in [-0.05, 0) is 78.9 Å². The molecule has 0 saturated heterocycles. The van der Waals surface area contributed by atoms with Gasteiger partial charge in [0.15, 0.2) is 0 Å². The van der Waals surface area contributed by atoms with Gasteiger partial charge in [0.1, 0.15) is 22.2 Å². The molecule has 0 amide bonds. The predicted molar refractivity (Wildman–Crippen MR) is 137 cm³/mol. The molecule has 0 aromatic heterocycles. The zero-order valence-corrected chi connectivity index (χ0v) is 20.4. The molecule has 0 aliphatic rings. The summed E-state index contributed by atoms with van der Waals surface area (Å²) >= 11 is 5.89. The molecular formula is C26H20ClFN2O5S. The van der Waals surface area contributed by atoms with Crippen LogP contribution in [0.3, 0.4) is 0 Å². The highest BCUT2D eigenvalue weighted by Gasteiger charge is 2.24. The molecule has 0 atom stereocenters. The third-order valence-corrected chi connectivity index (χ3v) is 7.33. The second-order valence-corrected chi connectivity index (χ2v) is 10.0. The number of sulfonamides is 1. The minimum absolute atomic E-state index is 0.00483. The Kier molecular flexibility index (Phi) is 7.14. The fraction of sp³-hybridized carbons (Fsp3) is 0.0385. The smallest absolute Gasteiger partial charge is 0.337 e. The number of benzene rings is 4. The van der Waals surface area contributed by atoms with E-state index in [1.165, 1.54) is 55.6 Å². The summed E-state index contributed by atoms with van der Waals surface area (Å²) < 4.78 is 46.4. The Balaban J connectivity index is 1.52. The van der Waals surface area contributed by atoms with Crippen LogP contribution < -0.4 is 14.4 Å². The fourth-order valence-corrected chi connectivity index (χ4v) is 4.75. The van der Waals surface area contributed by atoms with Gasteiger partial charge < -0.3 is 15.2 Å². The number of hydrogen-bond acceptors (Lipinski definition) is 5. The quantitative estimate of drug-likeness (QED) is 0.271. The van der Waals surface area contributed by atoms with Gasteiger partial charge in [0, 0.05) is 17.8 Å². The van der Waals surface area contributed by atoms with Crippen LogP contribution in [0.4, 0.5) is 21.5 Å². The van der Waals surface area contributed by atoms with Gasteiger partial charge in [-0.15, -0.1) is 0 Å². The Morgan fingerprint density at radius 2 is 1.58 bits per heavy atom. The van der Waals surface area contributed by atoms with Crippen LogP contribution in [0.1, 0.15) is 10.4 Å². The van der Waals surface area contributed by atoms with Crippen LogP contribution in [-0.4, -0.2) is 26.5 Å². The molecule has 0 unspecified atom stereocenters. The number of anilines is 3. The first-order valence-electron chi connectivity index (χ1n) is 10.6. The minimum Gasteiger partial charge on any atom is -0.478 e. The van der Waals surface area contributed by atoms with Crippen molar-refractivity contribution in [2.45, 2.75) is 4.90 Å². The van der Waals surface area contributed by atoms with E-state index in [1.54, 1.807) is 36.4 Å². The van der Waals surface area contributed by atoms with Crippen molar-refractivity contribution in [1.82, 2.24) is 0 Å². The Labute approximate surface area is 212 Å². The summed E-state index contributed by atoms with van der Waals surface area (Å²) in [7, 11) is -2.78. The lowest BCUT2D eigenvalue weighted by Gasteiger charge is -2.20. The van der Waals surface area contributed by atoms with Crippen LogP contribution in [0.5, 0.6) is 11.5 Å². The molecule has 0 bridgehead atoms. The molecular weight excluding hydrogens is 507 g/mol. The molecule has 0 fully saturated rings. The molecule has 2 N–H and O–H groups in total. The van der Waals surface area contributed by atoms with Gasteiger partial charge in [-0.3, -0.25) is 4.31 Å². The predicted octanol–water partition coefficient (Wildman–Crippen LogP) is 6.54. The molecule has 7 nitrogen and oxygen atoms in total. The summed E-state index contributed by atoms with van der Waals surface area (Å²) in [4.78, 5) is 11.4. The number of ether oxygens (including phenoxy) is 1. The second-order valence-electron chi connectivity index (χ2n) is 7.64. The standard InChI is InChI=1S/C26H20ClFN2O5S/c1-30(36(33,34)25-5-3-2-4-23(25)28)19-10-12-20(13-11-19)35-21-14-15-24(22(16-21)26(31)32)29-18-8-6-17(27)7-9-18/h2-16,29H,1H3,(H,31,32). The van der Waals surface area contributed by atoms with E-state index in [1.807, 2.05) is 0 Å². The maximum absolute atomic E-state index is 14.0. The van der Waals surface area contributed by atoms with Gasteiger partial charge in [0.25, 0.3) is 10.0 Å². The van der Waals surface area contributed by atoms with Gasteiger partial charge in [0.2, 0.25) is 0 Å². The topological polar surface area (TPSA) is 95.9 Å². The van der Waals surface area contributed by atoms with Crippen molar-refractivity contribution in [3.05, 3.63) is 107 Å². The summed E-state index contributed by atoms with van der Waals surface area (Å²) in [5, 5.41) is 13.3. The monoisotopic (exact) mass is 526 g/mol. The summed E-state index contributed by atoms with van der Waals surface area (Å²) in [5.74, 6) is -1.36. The first-order valence-corrected chi connectivity index (χ1v) is 12.4. The third kappa shape index (κ3) is 5.42. The van der Waals surface area contributed by atoms with Gasteiger partial charge in [-0.25, -0.2) is 17.6 Å². The van der Waals surface area contributed by atoms with Crippen LogP contribution in [-0.2, 0) is 10.0 Å². The van der Waals surface area contributed by atoms with Gasteiger partial charge in [0.05, 0.1) is 16.9 Å². The zero-order valence-electron chi connectivity index (χ0n) is 18.9. The summed E-state index contributed by atoms with van der Waals surface area (Å²) in [6.45, 7) is 0. The van der Waals surface area contributed by atoms with Crippen molar-refractivity contribution in [3.63, 3.8) is 0 Å². The van der Waals surface area contributed by atoms with Crippen LogP contribution in [0.15, 0.2) is 95.9 Å². The molecule has 0 spiro atoms. The van der Waals surface area contributed by atoms with Gasteiger partial charge >= 0.3 is 5.97 Å². The number of halogens is 2. The van der Waals surface area contributed by atoms with Crippen molar-refractivity contribution in [1.29, 1.82) is 0 Å². The van der Waals surface area contributed by atoms with E-state index in [2.05, 4.69) is 5.32 Å². The number of nitrogens with one attached hydrogen (secondary N) is 1. The zero-order chi connectivity index (χ0) is 25.9. The van der Waals surface area contributed by atoms with Crippen LogP contribution in [0.2, 0.25) is 5.02 Å². The van der Waals surface area contributed by atoms with Crippen LogP contribution >= 0.6 is 11.6 Å². The summed E-state index contributed by atoms with van der Waals surface area (Å²) in [5.41, 5.74) is 1.32. The second kappa shape index (κ2) is 10.3. The lowest BCUT2D eigenvalue weighted by Crippen LogP contribution is -2.27. The Morgan fingerprint density at radius 1 is 0.944 bits per heavy atom. The molecule has 0 radical (unpaired) electrons. The molecule has 184 valence electrons. The van der Waals surface area contributed by atoms with E-state index < -0.39 is 26.7 Å². The van der Waals surface area contributed by atoms with Crippen LogP contribution in [0, 0.1) is 5.82 Å². The molecule has 10 heteroatoms. The van der Waals surface area contributed by atoms with Crippen LogP contribution in [0.25, 0.3) is 0 Å². The SMILES string of the molecule is CN(c1ccc(Oc2ccc(Nc3ccc(Cl)cc3)c(C(=O)O)c2)cc1)S(=O)(=O)c1ccccc1F. The number of hydrogen-bond donors (Lipinski definition) is 2. The Hall–Kier alpha value is -4.08. The van der Waals surface area contributed by atoms with E-state index in [9.17, 15) is 22.7 Å². The van der Waals surface area contributed by atoms with E-state index in [0.29, 0.717) is 27.8 Å². The average molecular weight is 527 g/mol. The molecule has 4 aromatic carbocycles. The van der Waals surface area contributed by atoms with Crippen molar-refractivity contribution < 1.29 is 27.4 Å².